The number of benzene rings is 3. The van der Waals surface area contributed by atoms with Crippen LogP contribution in [-0.4, -0.2) is 61.2 Å². The molecule has 1 fully saturated rings. The van der Waals surface area contributed by atoms with Gasteiger partial charge >= 0.3 is 0 Å². The molecule has 0 spiro atoms. The number of nitrogens with zero attached hydrogens (tertiary/aromatic N) is 6. The van der Waals surface area contributed by atoms with Gasteiger partial charge in [-0.05, 0) is 57.1 Å². The van der Waals surface area contributed by atoms with Crippen LogP contribution in [0.1, 0.15) is 41.0 Å². The fourth-order valence-electron chi connectivity index (χ4n) is 5.49. The lowest BCUT2D eigenvalue weighted by molar-refractivity contribution is 0.0998. The molecule has 6 rings (SSSR count). The van der Waals surface area contributed by atoms with E-state index in [1.807, 2.05) is 35.0 Å². The second kappa shape index (κ2) is 11.3. The zero-order valence-corrected chi connectivity index (χ0v) is 22.2. The van der Waals surface area contributed by atoms with E-state index in [1.165, 1.54) is 11.1 Å². The van der Waals surface area contributed by atoms with Crippen molar-refractivity contribution in [1.29, 1.82) is 0 Å². The van der Waals surface area contributed by atoms with Crippen molar-refractivity contribution in [2.75, 3.05) is 26.2 Å². The summed E-state index contributed by atoms with van der Waals surface area (Å²) >= 11 is 0. The van der Waals surface area contributed by atoms with Gasteiger partial charge in [0, 0.05) is 43.8 Å². The fourth-order valence-corrected chi connectivity index (χ4v) is 5.49. The smallest absolute Gasteiger partial charge is 0.253 e. The highest BCUT2D eigenvalue weighted by atomic mass is 16.1. The third kappa shape index (κ3) is 5.53. The minimum Gasteiger partial charge on any atom is -0.322 e. The van der Waals surface area contributed by atoms with Crippen molar-refractivity contribution in [2.45, 2.75) is 32.5 Å². The Labute approximate surface area is 227 Å². The average molecular weight is 520 g/mol. The van der Waals surface area contributed by atoms with Gasteiger partial charge < -0.3 is 4.98 Å². The lowest BCUT2D eigenvalue weighted by Gasteiger charge is -2.38. The normalized spacial score (nSPS) is 15.5. The second-order valence-electron chi connectivity index (χ2n) is 10.2. The van der Waals surface area contributed by atoms with Crippen molar-refractivity contribution in [3.05, 3.63) is 123 Å². The Morgan fingerprint density at radius 1 is 0.821 bits per heavy atom. The van der Waals surface area contributed by atoms with E-state index < -0.39 is 0 Å². The maximum absolute atomic E-state index is 13.6. The van der Waals surface area contributed by atoms with E-state index in [-0.39, 0.29) is 11.6 Å². The molecular weight excluding hydrogens is 486 g/mol. The molecule has 0 amide bonds. The van der Waals surface area contributed by atoms with Gasteiger partial charge in [0.1, 0.15) is 6.04 Å². The summed E-state index contributed by atoms with van der Waals surface area (Å²) in [5, 5.41) is 13.9. The highest BCUT2D eigenvalue weighted by Crippen LogP contribution is 2.28. The van der Waals surface area contributed by atoms with Crippen LogP contribution in [0.5, 0.6) is 0 Å². The van der Waals surface area contributed by atoms with E-state index in [0.717, 1.165) is 55.6 Å². The van der Waals surface area contributed by atoms with E-state index >= 15 is 0 Å². The van der Waals surface area contributed by atoms with Crippen LogP contribution in [0, 0.1) is 0 Å². The van der Waals surface area contributed by atoms with Crippen LogP contribution in [0.3, 0.4) is 0 Å². The molecule has 0 saturated carbocycles. The molecule has 8 heteroatoms. The standard InChI is InChI=1S/C31H33N7O/c1-2-23-13-14-28-26(19-23)20-27(31(39)32-28)29(30-33-34-35-38(30)22-25-11-7-4-8-12-25)37-17-15-36(16-18-37)21-24-9-5-3-6-10-24/h3-14,19-20,29H,2,15-18,21-22H2,1H3,(H,32,39). The number of hydrogen-bond donors (Lipinski definition) is 1. The third-order valence-corrected chi connectivity index (χ3v) is 7.64. The number of hydrogen-bond acceptors (Lipinski definition) is 6. The summed E-state index contributed by atoms with van der Waals surface area (Å²) in [7, 11) is 0. The summed E-state index contributed by atoms with van der Waals surface area (Å²) in [6, 6.07) is 28.6. The number of tetrazole rings is 1. The number of nitrogens with one attached hydrogen (secondary N) is 1. The molecular formula is C31H33N7O. The summed E-state index contributed by atoms with van der Waals surface area (Å²) < 4.78 is 1.84. The maximum Gasteiger partial charge on any atom is 0.253 e. The Hall–Kier alpha value is -4.14. The fraction of sp³-hybridized carbons (Fsp3) is 0.290. The summed E-state index contributed by atoms with van der Waals surface area (Å²) in [4.78, 5) is 21.5. The van der Waals surface area contributed by atoms with E-state index in [2.05, 4.69) is 91.8 Å². The van der Waals surface area contributed by atoms with E-state index in [1.54, 1.807) is 0 Å². The zero-order chi connectivity index (χ0) is 26.6. The van der Waals surface area contributed by atoms with E-state index in [9.17, 15) is 4.79 Å². The molecule has 39 heavy (non-hydrogen) atoms. The SMILES string of the molecule is CCc1ccc2[nH]c(=O)c(C(c3nnnn3Cc3ccccc3)N3CCN(Cc4ccccc4)CC3)cc2c1. The Morgan fingerprint density at radius 2 is 1.51 bits per heavy atom. The van der Waals surface area contributed by atoms with Crippen molar-refractivity contribution in [3.8, 4) is 0 Å². The molecule has 3 heterocycles. The van der Waals surface area contributed by atoms with Crippen molar-refractivity contribution >= 4 is 10.9 Å². The number of pyridine rings is 1. The summed E-state index contributed by atoms with van der Waals surface area (Å²) in [6.07, 6.45) is 0.937. The first-order valence-corrected chi connectivity index (χ1v) is 13.6. The minimum absolute atomic E-state index is 0.0993. The Morgan fingerprint density at radius 3 is 2.21 bits per heavy atom. The first-order valence-electron chi connectivity index (χ1n) is 13.6. The number of aromatic amines is 1. The van der Waals surface area contributed by atoms with Crippen LogP contribution in [0.15, 0.2) is 89.7 Å². The van der Waals surface area contributed by atoms with E-state index in [0.29, 0.717) is 17.9 Å². The maximum atomic E-state index is 13.6. The first-order chi connectivity index (χ1) is 19.2. The number of rotatable bonds is 8. The molecule has 1 saturated heterocycles. The molecule has 3 aromatic carbocycles. The molecule has 2 aromatic heterocycles. The van der Waals surface area contributed by atoms with Crippen LogP contribution in [0.25, 0.3) is 10.9 Å². The average Bonchev–Trinajstić information content (AvgIpc) is 3.42. The Balaban J connectivity index is 1.36. The number of fused-ring (bicyclic) bond motifs is 1. The topological polar surface area (TPSA) is 82.9 Å². The quantitative estimate of drug-likeness (QED) is 0.333. The monoisotopic (exact) mass is 519 g/mol. The van der Waals surface area contributed by atoms with Gasteiger partial charge in [-0.3, -0.25) is 14.6 Å². The molecule has 1 atom stereocenters. The van der Waals surface area contributed by atoms with Gasteiger partial charge in [0.2, 0.25) is 0 Å². The molecule has 1 unspecified atom stereocenters. The number of piperazine rings is 1. The summed E-state index contributed by atoms with van der Waals surface area (Å²) in [5.74, 6) is 0.687. The van der Waals surface area contributed by atoms with E-state index in [4.69, 9.17) is 0 Å². The molecule has 0 aliphatic carbocycles. The van der Waals surface area contributed by atoms with Crippen molar-refractivity contribution in [2.24, 2.45) is 0 Å². The van der Waals surface area contributed by atoms with Gasteiger partial charge in [0.25, 0.3) is 5.56 Å². The molecule has 0 radical (unpaired) electrons. The molecule has 0 bridgehead atoms. The van der Waals surface area contributed by atoms with Crippen LogP contribution < -0.4 is 5.56 Å². The van der Waals surface area contributed by atoms with Crippen LogP contribution in [-0.2, 0) is 19.5 Å². The molecule has 1 aliphatic heterocycles. The minimum atomic E-state index is -0.360. The van der Waals surface area contributed by atoms with Gasteiger partial charge in [-0.15, -0.1) is 5.10 Å². The number of H-pyrrole nitrogens is 1. The second-order valence-corrected chi connectivity index (χ2v) is 10.2. The van der Waals surface area contributed by atoms with Crippen LogP contribution in [0.2, 0.25) is 0 Å². The number of aromatic nitrogens is 5. The Kier molecular flexibility index (Phi) is 7.29. The van der Waals surface area contributed by atoms with Gasteiger partial charge in [-0.25, -0.2) is 4.68 Å². The number of aryl methyl sites for hydroxylation is 1. The highest BCUT2D eigenvalue weighted by Gasteiger charge is 2.32. The summed E-state index contributed by atoms with van der Waals surface area (Å²) in [6.45, 7) is 7.02. The van der Waals surface area contributed by atoms with Gasteiger partial charge in [-0.2, -0.15) is 0 Å². The van der Waals surface area contributed by atoms with Crippen LogP contribution in [0.4, 0.5) is 0 Å². The van der Waals surface area contributed by atoms with Crippen molar-refractivity contribution < 1.29 is 0 Å². The van der Waals surface area contributed by atoms with Crippen molar-refractivity contribution in [3.63, 3.8) is 0 Å². The van der Waals surface area contributed by atoms with Crippen LogP contribution >= 0.6 is 0 Å². The molecule has 5 aromatic rings. The predicted octanol–water partition coefficient (Wildman–Crippen LogP) is 4.03. The van der Waals surface area contributed by atoms with Crippen molar-refractivity contribution in [1.82, 2.24) is 35.0 Å². The Bertz CT molecular complexity index is 1590. The third-order valence-electron chi connectivity index (χ3n) is 7.64. The zero-order valence-electron chi connectivity index (χ0n) is 22.2. The lowest BCUT2D eigenvalue weighted by Crippen LogP contribution is -2.48. The molecule has 198 valence electrons. The summed E-state index contributed by atoms with van der Waals surface area (Å²) in [5.41, 5.74) is 5.08. The van der Waals surface area contributed by atoms with Gasteiger partial charge in [0.05, 0.1) is 6.54 Å². The highest BCUT2D eigenvalue weighted by molar-refractivity contribution is 5.80. The molecule has 8 nitrogen and oxygen atoms in total. The largest absolute Gasteiger partial charge is 0.322 e. The lowest BCUT2D eigenvalue weighted by atomic mass is 10.0. The molecule has 1 aliphatic rings. The van der Waals surface area contributed by atoms with Gasteiger partial charge in [-0.1, -0.05) is 73.7 Å². The first kappa shape index (κ1) is 25.2. The predicted molar refractivity (Wildman–Crippen MR) is 152 cm³/mol. The molecule has 1 N–H and O–H groups in total. The van der Waals surface area contributed by atoms with Gasteiger partial charge in [0.15, 0.2) is 5.82 Å².